The molecule has 0 radical (unpaired) electrons. The van der Waals surface area contributed by atoms with E-state index in [1.54, 1.807) is 12.1 Å². The summed E-state index contributed by atoms with van der Waals surface area (Å²) in [6.07, 6.45) is 0.707. The van der Waals surface area contributed by atoms with Crippen LogP contribution in [0.25, 0.3) is 0 Å². The van der Waals surface area contributed by atoms with E-state index in [4.69, 9.17) is 5.11 Å². The van der Waals surface area contributed by atoms with Gasteiger partial charge < -0.3 is 10.2 Å². The number of benzene rings is 2. The fourth-order valence-electron chi connectivity index (χ4n) is 2.75. The molecule has 3 heteroatoms. The lowest BCUT2D eigenvalue weighted by molar-refractivity contribution is 0.0903. The quantitative estimate of drug-likeness (QED) is 0.799. The van der Waals surface area contributed by atoms with Crippen molar-refractivity contribution in [2.24, 2.45) is 0 Å². The highest BCUT2D eigenvalue weighted by atomic mass is 16.3. The summed E-state index contributed by atoms with van der Waals surface area (Å²) in [7, 11) is 0. The van der Waals surface area contributed by atoms with Gasteiger partial charge in [-0.3, -0.25) is 4.79 Å². The van der Waals surface area contributed by atoms with Crippen LogP contribution in [-0.2, 0) is 11.8 Å². The van der Waals surface area contributed by atoms with E-state index in [1.807, 2.05) is 12.1 Å². The zero-order chi connectivity index (χ0) is 17.7. The number of hydrogen-bond acceptors (Lipinski definition) is 3. The molecule has 0 aliphatic heterocycles. The molecule has 0 spiro atoms. The summed E-state index contributed by atoms with van der Waals surface area (Å²) in [6.45, 7) is 6.15. The number of carbonyl (C=O) groups excluding carboxylic acids is 1. The number of carbonyl (C=O) groups is 1. The number of rotatable bonds is 6. The van der Waals surface area contributed by atoms with Crippen LogP contribution in [-0.4, -0.2) is 29.2 Å². The van der Waals surface area contributed by atoms with E-state index in [9.17, 15) is 9.90 Å². The van der Waals surface area contributed by atoms with E-state index in [0.29, 0.717) is 12.0 Å². The summed E-state index contributed by atoms with van der Waals surface area (Å²) in [5, 5.41) is 18.7. The molecule has 0 amide bonds. The second-order valence-corrected chi connectivity index (χ2v) is 7.23. The third-order valence-electron chi connectivity index (χ3n) is 4.37. The van der Waals surface area contributed by atoms with Gasteiger partial charge in [-0.05, 0) is 28.5 Å². The van der Waals surface area contributed by atoms with Crippen LogP contribution in [0.3, 0.4) is 0 Å². The zero-order valence-electron chi connectivity index (χ0n) is 14.6. The molecule has 2 aromatic carbocycles. The molecule has 0 heterocycles. The molecule has 0 aliphatic carbocycles. The van der Waals surface area contributed by atoms with Crippen molar-refractivity contribution in [3.63, 3.8) is 0 Å². The van der Waals surface area contributed by atoms with Crippen LogP contribution in [0.2, 0.25) is 0 Å². The molecule has 2 rings (SSSR count). The van der Waals surface area contributed by atoms with Crippen molar-refractivity contribution in [1.82, 2.24) is 0 Å². The lowest BCUT2D eigenvalue weighted by Gasteiger charge is -2.21. The van der Waals surface area contributed by atoms with E-state index < -0.39 is 6.61 Å². The molecule has 0 fully saturated rings. The molecular formula is C21H26O3. The van der Waals surface area contributed by atoms with Gasteiger partial charge in [0.05, 0.1) is 6.61 Å². The summed E-state index contributed by atoms with van der Waals surface area (Å²) in [5.41, 5.74) is 4.07. The SMILES string of the molecule is CC(C)(C)c1ccc(C(CO)Cc2ccc(C(=O)CO)cc2)cc1. The first-order valence-electron chi connectivity index (χ1n) is 8.29. The molecule has 1 atom stereocenters. The van der Waals surface area contributed by atoms with Gasteiger partial charge in [-0.1, -0.05) is 69.3 Å². The van der Waals surface area contributed by atoms with Gasteiger partial charge in [-0.2, -0.15) is 0 Å². The maximum absolute atomic E-state index is 11.4. The highest BCUT2D eigenvalue weighted by molar-refractivity contribution is 5.96. The van der Waals surface area contributed by atoms with Crippen molar-refractivity contribution in [3.8, 4) is 0 Å². The Morgan fingerprint density at radius 3 is 2.00 bits per heavy atom. The second-order valence-electron chi connectivity index (χ2n) is 7.23. The highest BCUT2D eigenvalue weighted by Crippen LogP contribution is 2.26. The fraction of sp³-hybridized carbons (Fsp3) is 0.381. The molecule has 0 saturated heterocycles. The maximum atomic E-state index is 11.4. The lowest BCUT2D eigenvalue weighted by atomic mass is 9.85. The number of hydrogen-bond donors (Lipinski definition) is 2. The van der Waals surface area contributed by atoms with Crippen molar-refractivity contribution in [1.29, 1.82) is 0 Å². The van der Waals surface area contributed by atoms with Crippen LogP contribution >= 0.6 is 0 Å². The average Bonchev–Trinajstić information content (AvgIpc) is 2.59. The zero-order valence-corrected chi connectivity index (χ0v) is 14.6. The summed E-state index contributed by atoms with van der Waals surface area (Å²) >= 11 is 0. The first kappa shape index (κ1) is 18.4. The first-order valence-corrected chi connectivity index (χ1v) is 8.29. The third-order valence-corrected chi connectivity index (χ3v) is 4.37. The molecule has 0 saturated carbocycles. The van der Waals surface area contributed by atoms with Crippen LogP contribution in [0.15, 0.2) is 48.5 Å². The Labute approximate surface area is 144 Å². The number of ketones is 1. The Hall–Kier alpha value is -1.97. The van der Waals surface area contributed by atoms with E-state index in [2.05, 4.69) is 45.0 Å². The summed E-state index contributed by atoms with van der Waals surface area (Å²) in [5.74, 6) is -0.253. The van der Waals surface area contributed by atoms with Crippen molar-refractivity contribution in [2.45, 2.75) is 38.5 Å². The van der Waals surface area contributed by atoms with Crippen molar-refractivity contribution >= 4 is 5.78 Å². The van der Waals surface area contributed by atoms with E-state index in [0.717, 1.165) is 11.1 Å². The Morgan fingerprint density at radius 2 is 1.54 bits per heavy atom. The molecule has 0 aliphatic rings. The van der Waals surface area contributed by atoms with Crippen LogP contribution in [0.4, 0.5) is 0 Å². The van der Waals surface area contributed by atoms with Crippen molar-refractivity contribution in [2.75, 3.05) is 13.2 Å². The number of aliphatic hydroxyl groups is 2. The lowest BCUT2D eigenvalue weighted by Crippen LogP contribution is -2.12. The molecule has 3 nitrogen and oxygen atoms in total. The predicted octanol–water partition coefficient (Wildman–Crippen LogP) is 3.48. The van der Waals surface area contributed by atoms with Crippen LogP contribution in [0.1, 0.15) is 53.7 Å². The Morgan fingerprint density at radius 1 is 0.958 bits per heavy atom. The molecule has 24 heavy (non-hydrogen) atoms. The standard InChI is InChI=1S/C21H26O3/c1-21(2,3)19-10-8-16(9-11-19)18(13-22)12-15-4-6-17(7-5-15)20(24)14-23/h4-11,18,22-23H,12-14H2,1-3H3. The minimum Gasteiger partial charge on any atom is -0.396 e. The van der Waals surface area contributed by atoms with Crippen molar-refractivity contribution < 1.29 is 15.0 Å². The number of Topliss-reactive ketones (excluding diaryl/α,β-unsaturated/α-hetero) is 1. The Balaban J connectivity index is 2.13. The molecule has 1 unspecified atom stereocenters. The van der Waals surface area contributed by atoms with Gasteiger partial charge in [0.25, 0.3) is 0 Å². The molecule has 0 bridgehead atoms. The van der Waals surface area contributed by atoms with Crippen LogP contribution in [0.5, 0.6) is 0 Å². The highest BCUT2D eigenvalue weighted by Gasteiger charge is 2.16. The molecule has 128 valence electrons. The first-order chi connectivity index (χ1) is 11.3. The topological polar surface area (TPSA) is 57.5 Å². The third kappa shape index (κ3) is 4.53. The maximum Gasteiger partial charge on any atom is 0.188 e. The van der Waals surface area contributed by atoms with Crippen LogP contribution in [0, 0.1) is 0 Å². The predicted molar refractivity (Wildman–Crippen MR) is 96.5 cm³/mol. The molecule has 0 aromatic heterocycles. The minimum atomic E-state index is -0.473. The summed E-state index contributed by atoms with van der Waals surface area (Å²) in [4.78, 5) is 11.4. The second kappa shape index (κ2) is 7.73. The average molecular weight is 326 g/mol. The van der Waals surface area contributed by atoms with Gasteiger partial charge >= 0.3 is 0 Å². The smallest absolute Gasteiger partial charge is 0.188 e. The van der Waals surface area contributed by atoms with E-state index in [1.165, 1.54) is 5.56 Å². The molecule has 2 aromatic rings. The van der Waals surface area contributed by atoms with E-state index >= 15 is 0 Å². The van der Waals surface area contributed by atoms with E-state index in [-0.39, 0.29) is 23.7 Å². The minimum absolute atomic E-state index is 0.0263. The van der Waals surface area contributed by atoms with Gasteiger partial charge in [-0.15, -0.1) is 0 Å². The monoisotopic (exact) mass is 326 g/mol. The number of aliphatic hydroxyl groups excluding tert-OH is 2. The molecular weight excluding hydrogens is 300 g/mol. The van der Waals surface area contributed by atoms with Gasteiger partial charge in [0.1, 0.15) is 6.61 Å². The van der Waals surface area contributed by atoms with Gasteiger partial charge in [0.15, 0.2) is 5.78 Å². The Kier molecular flexibility index (Phi) is 5.92. The van der Waals surface area contributed by atoms with Crippen molar-refractivity contribution in [3.05, 3.63) is 70.8 Å². The Bertz CT molecular complexity index is 664. The van der Waals surface area contributed by atoms with Gasteiger partial charge in [0.2, 0.25) is 0 Å². The van der Waals surface area contributed by atoms with Gasteiger partial charge in [-0.25, -0.2) is 0 Å². The van der Waals surface area contributed by atoms with Gasteiger partial charge in [0, 0.05) is 11.5 Å². The fourth-order valence-corrected chi connectivity index (χ4v) is 2.75. The normalized spacial score (nSPS) is 12.9. The summed E-state index contributed by atoms with van der Waals surface area (Å²) in [6, 6.07) is 15.7. The largest absolute Gasteiger partial charge is 0.396 e. The van der Waals surface area contributed by atoms with Crippen LogP contribution < -0.4 is 0 Å². The summed E-state index contributed by atoms with van der Waals surface area (Å²) < 4.78 is 0. The molecule has 2 N–H and O–H groups in total.